The van der Waals surface area contributed by atoms with Crippen molar-refractivity contribution in [2.45, 2.75) is 25.4 Å². The van der Waals surface area contributed by atoms with Gasteiger partial charge < -0.3 is 20.1 Å². The molecular weight excluding hydrogens is 385 g/mol. The van der Waals surface area contributed by atoms with E-state index >= 15 is 0 Å². The molecule has 1 heterocycles. The van der Waals surface area contributed by atoms with Crippen molar-refractivity contribution in [2.24, 2.45) is 0 Å². The monoisotopic (exact) mass is 415 g/mol. The van der Waals surface area contributed by atoms with Crippen LogP contribution in [0.3, 0.4) is 0 Å². The number of hydrogen-bond acceptors (Lipinski definition) is 4. The average Bonchev–Trinajstić information content (AvgIpc) is 2.78. The number of nitrogens with one attached hydrogen (secondary N) is 2. The summed E-state index contributed by atoms with van der Waals surface area (Å²) in [6, 6.07) is 13.8. The first-order valence-corrected chi connectivity index (χ1v) is 10.4. The van der Waals surface area contributed by atoms with Crippen molar-refractivity contribution < 1.29 is 18.7 Å². The van der Waals surface area contributed by atoms with Gasteiger partial charge in [0.1, 0.15) is 11.6 Å². The second-order valence-electron chi connectivity index (χ2n) is 7.31. The molecule has 6 nitrogen and oxygen atoms in total. The molecule has 2 amide bonds. The summed E-state index contributed by atoms with van der Waals surface area (Å²) < 4.78 is 24.4. The third-order valence-electron chi connectivity index (χ3n) is 5.41. The molecule has 0 spiro atoms. The molecule has 0 bridgehead atoms. The summed E-state index contributed by atoms with van der Waals surface area (Å²) in [6.07, 6.45) is 0.760. The van der Waals surface area contributed by atoms with Crippen molar-refractivity contribution in [1.29, 1.82) is 0 Å². The number of hydrogen-bond donors (Lipinski definition) is 2. The Labute approximate surface area is 177 Å². The number of nitrogens with zero attached hydrogens (tertiary/aromatic N) is 1. The highest BCUT2D eigenvalue weighted by Crippen LogP contribution is 2.23. The fraction of sp³-hybridized carbons (Fsp3) is 0.435. The van der Waals surface area contributed by atoms with Crippen molar-refractivity contribution in [3.05, 3.63) is 65.5 Å². The molecule has 162 valence electrons. The molecule has 2 aromatic carbocycles. The Balaban J connectivity index is 1.64. The predicted molar refractivity (Wildman–Crippen MR) is 114 cm³/mol. The summed E-state index contributed by atoms with van der Waals surface area (Å²) in [4.78, 5) is 14.9. The third kappa shape index (κ3) is 5.93. The molecule has 1 aliphatic rings. The normalized spacial score (nSPS) is 16.5. The van der Waals surface area contributed by atoms with Gasteiger partial charge in [-0.2, -0.15) is 0 Å². The van der Waals surface area contributed by atoms with Crippen LogP contribution in [0.2, 0.25) is 0 Å². The zero-order valence-electron chi connectivity index (χ0n) is 17.6. The Morgan fingerprint density at radius 3 is 2.53 bits per heavy atom. The largest absolute Gasteiger partial charge is 0.497 e. The van der Waals surface area contributed by atoms with E-state index in [-0.39, 0.29) is 23.9 Å². The van der Waals surface area contributed by atoms with E-state index in [9.17, 15) is 9.18 Å². The number of morpholine rings is 1. The molecule has 0 saturated carbocycles. The fourth-order valence-corrected chi connectivity index (χ4v) is 3.72. The number of benzene rings is 2. The first-order chi connectivity index (χ1) is 14.6. The van der Waals surface area contributed by atoms with Crippen molar-refractivity contribution >= 4 is 6.03 Å². The molecular formula is C23H30FN3O3. The molecule has 2 aromatic rings. The van der Waals surface area contributed by atoms with Crippen LogP contribution in [0.4, 0.5) is 9.18 Å². The highest BCUT2D eigenvalue weighted by molar-refractivity contribution is 5.74. The van der Waals surface area contributed by atoms with Crippen LogP contribution in [0.5, 0.6) is 5.75 Å². The minimum Gasteiger partial charge on any atom is -0.497 e. The maximum Gasteiger partial charge on any atom is 0.315 e. The predicted octanol–water partition coefficient (Wildman–Crippen LogP) is 3.66. The number of amides is 2. The Morgan fingerprint density at radius 1 is 1.17 bits per heavy atom. The molecule has 1 aliphatic heterocycles. The van der Waals surface area contributed by atoms with E-state index in [0.29, 0.717) is 19.8 Å². The number of ether oxygens (including phenoxy) is 2. The second kappa shape index (κ2) is 10.9. The van der Waals surface area contributed by atoms with E-state index in [2.05, 4.69) is 15.5 Å². The van der Waals surface area contributed by atoms with Crippen molar-refractivity contribution in [1.82, 2.24) is 15.5 Å². The van der Waals surface area contributed by atoms with Gasteiger partial charge >= 0.3 is 6.03 Å². The topological polar surface area (TPSA) is 62.8 Å². The lowest BCUT2D eigenvalue weighted by Crippen LogP contribution is -2.46. The van der Waals surface area contributed by atoms with E-state index < -0.39 is 0 Å². The number of rotatable bonds is 8. The summed E-state index contributed by atoms with van der Waals surface area (Å²) in [5.74, 6) is 0.502. The maximum absolute atomic E-state index is 13.8. The quantitative estimate of drug-likeness (QED) is 0.691. The standard InChI is InChI=1S/C23H30FN3O3/c1-3-21(17-7-9-20(29-2)10-8-17)26-23(28)25-16-22(27-11-13-30-14-12-27)18-5-4-6-19(24)15-18/h4-10,15,21-22H,3,11-14,16H2,1-2H3,(H2,25,26,28). The van der Waals surface area contributed by atoms with Gasteiger partial charge in [-0.3, -0.25) is 4.90 Å². The van der Waals surface area contributed by atoms with Crippen LogP contribution in [0.1, 0.15) is 36.6 Å². The molecule has 2 atom stereocenters. The van der Waals surface area contributed by atoms with Crippen LogP contribution >= 0.6 is 0 Å². The molecule has 0 aromatic heterocycles. The number of carbonyl (C=O) groups is 1. The fourth-order valence-electron chi connectivity index (χ4n) is 3.72. The van der Waals surface area contributed by atoms with Crippen molar-refractivity contribution in [3.63, 3.8) is 0 Å². The zero-order valence-corrected chi connectivity index (χ0v) is 17.6. The Hall–Kier alpha value is -2.64. The van der Waals surface area contributed by atoms with E-state index in [1.807, 2.05) is 37.3 Å². The van der Waals surface area contributed by atoms with Crippen LogP contribution in [-0.4, -0.2) is 50.9 Å². The molecule has 3 rings (SSSR count). The van der Waals surface area contributed by atoms with E-state index in [1.54, 1.807) is 13.2 Å². The van der Waals surface area contributed by atoms with Crippen LogP contribution in [0.25, 0.3) is 0 Å². The summed E-state index contributed by atoms with van der Waals surface area (Å²) >= 11 is 0. The van der Waals surface area contributed by atoms with Gasteiger partial charge in [0.15, 0.2) is 0 Å². The van der Waals surface area contributed by atoms with Crippen molar-refractivity contribution in [3.8, 4) is 5.75 Å². The molecule has 1 fully saturated rings. The molecule has 0 aliphatic carbocycles. The van der Waals surface area contributed by atoms with E-state index in [1.165, 1.54) is 12.1 Å². The van der Waals surface area contributed by atoms with Gasteiger partial charge in [0.25, 0.3) is 0 Å². The SMILES string of the molecule is CCC(NC(=O)NCC(c1cccc(F)c1)N1CCOCC1)c1ccc(OC)cc1. The summed E-state index contributed by atoms with van der Waals surface area (Å²) in [5.41, 5.74) is 1.86. The third-order valence-corrected chi connectivity index (χ3v) is 5.41. The lowest BCUT2D eigenvalue weighted by Gasteiger charge is -2.35. The lowest BCUT2D eigenvalue weighted by atomic mass is 10.0. The summed E-state index contributed by atoms with van der Waals surface area (Å²) in [5, 5.41) is 6.01. The smallest absolute Gasteiger partial charge is 0.315 e. The van der Waals surface area contributed by atoms with E-state index in [4.69, 9.17) is 9.47 Å². The lowest BCUT2D eigenvalue weighted by molar-refractivity contribution is 0.0166. The molecule has 2 unspecified atom stereocenters. The summed E-state index contributed by atoms with van der Waals surface area (Å²) in [7, 11) is 1.63. The van der Waals surface area contributed by atoms with Gasteiger partial charge in [-0.05, 0) is 41.8 Å². The average molecular weight is 416 g/mol. The van der Waals surface area contributed by atoms with Gasteiger partial charge in [0.2, 0.25) is 0 Å². The van der Waals surface area contributed by atoms with Crippen LogP contribution < -0.4 is 15.4 Å². The first-order valence-electron chi connectivity index (χ1n) is 10.4. The van der Waals surface area contributed by atoms with E-state index in [0.717, 1.165) is 36.4 Å². The molecule has 0 radical (unpaired) electrons. The highest BCUT2D eigenvalue weighted by Gasteiger charge is 2.24. The minimum absolute atomic E-state index is 0.105. The maximum atomic E-state index is 13.8. The zero-order chi connectivity index (χ0) is 21.3. The van der Waals surface area contributed by atoms with Crippen LogP contribution in [-0.2, 0) is 4.74 Å². The number of methoxy groups -OCH3 is 1. The van der Waals surface area contributed by atoms with Gasteiger partial charge in [-0.1, -0.05) is 31.2 Å². The van der Waals surface area contributed by atoms with Gasteiger partial charge in [0.05, 0.1) is 32.4 Å². The van der Waals surface area contributed by atoms with Gasteiger partial charge in [-0.15, -0.1) is 0 Å². The molecule has 30 heavy (non-hydrogen) atoms. The van der Waals surface area contributed by atoms with Gasteiger partial charge in [-0.25, -0.2) is 9.18 Å². The van der Waals surface area contributed by atoms with Crippen LogP contribution in [0.15, 0.2) is 48.5 Å². The molecule has 2 N–H and O–H groups in total. The number of halogens is 1. The van der Waals surface area contributed by atoms with Crippen molar-refractivity contribution in [2.75, 3.05) is 40.0 Å². The Bertz CT molecular complexity index is 810. The van der Waals surface area contributed by atoms with Gasteiger partial charge in [0, 0.05) is 19.6 Å². The minimum atomic E-state index is -0.277. The number of carbonyl (C=O) groups excluding carboxylic acids is 1. The second-order valence-corrected chi connectivity index (χ2v) is 7.31. The summed E-state index contributed by atoms with van der Waals surface area (Å²) in [6.45, 7) is 5.16. The molecule has 7 heteroatoms. The first kappa shape index (κ1) is 22.1. The van der Waals surface area contributed by atoms with Crippen LogP contribution in [0, 0.1) is 5.82 Å². The Morgan fingerprint density at radius 2 is 1.90 bits per heavy atom. The number of urea groups is 1. The molecule has 1 saturated heterocycles. The highest BCUT2D eigenvalue weighted by atomic mass is 19.1. The Kier molecular flexibility index (Phi) is 8.04.